The van der Waals surface area contributed by atoms with Crippen molar-refractivity contribution in [3.8, 4) is 5.75 Å². The van der Waals surface area contributed by atoms with Crippen LogP contribution in [0.3, 0.4) is 0 Å². The van der Waals surface area contributed by atoms with E-state index >= 15 is 0 Å². The molecule has 2 aromatic carbocycles. The Hall–Kier alpha value is -1.55. The van der Waals surface area contributed by atoms with Crippen molar-refractivity contribution in [2.45, 2.75) is 19.6 Å². The fourth-order valence-electron chi connectivity index (χ4n) is 1.76. The average molecular weight is 292 g/mol. The van der Waals surface area contributed by atoms with Crippen LogP contribution in [-0.4, -0.2) is 6.79 Å². The zero-order valence-electron chi connectivity index (χ0n) is 11.4. The van der Waals surface area contributed by atoms with E-state index in [2.05, 4.69) is 0 Å². The molecule has 1 atom stereocenters. The second-order valence-electron chi connectivity index (χ2n) is 4.57. The number of halogens is 1. The SMILES string of the molecule is C[C@H](N)c1ccc(OCOCc2ccccc2)c(Cl)c1. The monoisotopic (exact) mass is 291 g/mol. The average Bonchev–Trinajstić information content (AvgIpc) is 2.46. The lowest BCUT2D eigenvalue weighted by atomic mass is 10.1. The maximum Gasteiger partial charge on any atom is 0.189 e. The Morgan fingerprint density at radius 3 is 2.55 bits per heavy atom. The first-order valence-corrected chi connectivity index (χ1v) is 6.84. The molecule has 0 bridgehead atoms. The minimum atomic E-state index is -0.0455. The van der Waals surface area contributed by atoms with Gasteiger partial charge in [-0.25, -0.2) is 0 Å². The zero-order chi connectivity index (χ0) is 14.4. The van der Waals surface area contributed by atoms with Crippen LogP contribution in [0.2, 0.25) is 5.02 Å². The molecule has 0 aliphatic heterocycles. The summed E-state index contributed by atoms with van der Waals surface area (Å²) in [6, 6.07) is 15.4. The number of ether oxygens (including phenoxy) is 2. The van der Waals surface area contributed by atoms with Crippen LogP contribution in [-0.2, 0) is 11.3 Å². The van der Waals surface area contributed by atoms with Crippen molar-refractivity contribution < 1.29 is 9.47 Å². The van der Waals surface area contributed by atoms with Crippen LogP contribution in [0.1, 0.15) is 24.1 Å². The summed E-state index contributed by atoms with van der Waals surface area (Å²) < 4.78 is 10.9. The Balaban J connectivity index is 1.82. The van der Waals surface area contributed by atoms with Gasteiger partial charge in [0.2, 0.25) is 0 Å². The lowest BCUT2D eigenvalue weighted by molar-refractivity contribution is 0.00509. The maximum atomic E-state index is 6.13. The first-order chi connectivity index (χ1) is 9.66. The summed E-state index contributed by atoms with van der Waals surface area (Å²) in [5.41, 5.74) is 7.88. The highest BCUT2D eigenvalue weighted by Gasteiger charge is 2.05. The molecule has 0 spiro atoms. The molecule has 0 unspecified atom stereocenters. The molecular formula is C16H18ClNO2. The predicted molar refractivity (Wildman–Crippen MR) is 80.8 cm³/mol. The Kier molecular flexibility index (Phi) is 5.41. The van der Waals surface area contributed by atoms with Gasteiger partial charge in [-0.1, -0.05) is 48.0 Å². The third-order valence-corrected chi connectivity index (χ3v) is 3.19. The smallest absolute Gasteiger partial charge is 0.189 e. The van der Waals surface area contributed by atoms with Crippen LogP contribution in [0.5, 0.6) is 5.75 Å². The molecule has 0 amide bonds. The van der Waals surface area contributed by atoms with Crippen molar-refractivity contribution in [3.05, 3.63) is 64.7 Å². The first-order valence-electron chi connectivity index (χ1n) is 6.46. The molecule has 0 saturated carbocycles. The topological polar surface area (TPSA) is 44.5 Å². The van der Waals surface area contributed by atoms with Gasteiger partial charge in [-0.15, -0.1) is 0 Å². The number of nitrogens with two attached hydrogens (primary N) is 1. The second-order valence-corrected chi connectivity index (χ2v) is 4.98. The minimum Gasteiger partial charge on any atom is -0.466 e. The molecule has 0 aliphatic carbocycles. The van der Waals surface area contributed by atoms with Crippen molar-refractivity contribution >= 4 is 11.6 Å². The fraction of sp³-hybridized carbons (Fsp3) is 0.250. The molecule has 2 rings (SSSR count). The number of benzene rings is 2. The normalized spacial score (nSPS) is 12.2. The van der Waals surface area contributed by atoms with Gasteiger partial charge >= 0.3 is 0 Å². The summed E-state index contributed by atoms with van der Waals surface area (Å²) in [7, 11) is 0. The van der Waals surface area contributed by atoms with E-state index < -0.39 is 0 Å². The highest BCUT2D eigenvalue weighted by molar-refractivity contribution is 6.32. The molecule has 0 fully saturated rings. The largest absolute Gasteiger partial charge is 0.466 e. The van der Waals surface area contributed by atoms with Gasteiger partial charge in [-0.3, -0.25) is 0 Å². The van der Waals surface area contributed by atoms with E-state index in [0.29, 0.717) is 17.4 Å². The molecule has 4 heteroatoms. The quantitative estimate of drug-likeness (QED) is 0.648. The molecule has 20 heavy (non-hydrogen) atoms. The molecule has 0 aromatic heterocycles. The van der Waals surface area contributed by atoms with Gasteiger partial charge in [0, 0.05) is 6.04 Å². The number of hydrogen-bond acceptors (Lipinski definition) is 3. The highest BCUT2D eigenvalue weighted by Crippen LogP contribution is 2.27. The van der Waals surface area contributed by atoms with Gasteiger partial charge in [-0.2, -0.15) is 0 Å². The van der Waals surface area contributed by atoms with Gasteiger partial charge < -0.3 is 15.2 Å². The van der Waals surface area contributed by atoms with Crippen LogP contribution in [0.25, 0.3) is 0 Å². The van der Waals surface area contributed by atoms with E-state index in [4.69, 9.17) is 26.8 Å². The lowest BCUT2D eigenvalue weighted by Gasteiger charge is -2.11. The highest BCUT2D eigenvalue weighted by atomic mass is 35.5. The van der Waals surface area contributed by atoms with Crippen LogP contribution in [0.4, 0.5) is 0 Å². The third kappa shape index (κ3) is 4.23. The van der Waals surface area contributed by atoms with E-state index in [1.807, 2.05) is 55.5 Å². The van der Waals surface area contributed by atoms with Gasteiger partial charge in [-0.05, 0) is 30.2 Å². The number of hydrogen-bond donors (Lipinski definition) is 1. The van der Waals surface area contributed by atoms with Crippen LogP contribution in [0, 0.1) is 0 Å². The molecule has 0 heterocycles. The van der Waals surface area contributed by atoms with Gasteiger partial charge in [0.1, 0.15) is 5.75 Å². The predicted octanol–water partition coefficient (Wildman–Crippen LogP) is 3.91. The molecule has 106 valence electrons. The molecule has 2 N–H and O–H groups in total. The van der Waals surface area contributed by atoms with Gasteiger partial charge in [0.15, 0.2) is 6.79 Å². The van der Waals surface area contributed by atoms with Crippen molar-refractivity contribution in [1.82, 2.24) is 0 Å². The van der Waals surface area contributed by atoms with Gasteiger partial charge in [0.25, 0.3) is 0 Å². The third-order valence-electron chi connectivity index (χ3n) is 2.89. The Bertz CT molecular complexity index is 543. The Morgan fingerprint density at radius 2 is 1.90 bits per heavy atom. The molecule has 0 radical (unpaired) electrons. The molecule has 2 aromatic rings. The van der Waals surface area contributed by atoms with E-state index in [-0.39, 0.29) is 12.8 Å². The lowest BCUT2D eigenvalue weighted by Crippen LogP contribution is -2.06. The zero-order valence-corrected chi connectivity index (χ0v) is 12.1. The summed E-state index contributed by atoms with van der Waals surface area (Å²) in [5, 5.41) is 0.545. The van der Waals surface area contributed by atoms with Crippen molar-refractivity contribution in [3.63, 3.8) is 0 Å². The van der Waals surface area contributed by atoms with Crippen molar-refractivity contribution in [1.29, 1.82) is 0 Å². The second kappa shape index (κ2) is 7.29. The fourth-order valence-corrected chi connectivity index (χ4v) is 2.00. The number of rotatable bonds is 6. The Labute approximate surface area is 124 Å². The molecule has 0 aliphatic rings. The Morgan fingerprint density at radius 1 is 1.15 bits per heavy atom. The standard InChI is InChI=1S/C16H18ClNO2/c1-12(18)14-7-8-16(15(17)9-14)20-11-19-10-13-5-3-2-4-6-13/h2-9,12H,10-11,18H2,1H3/t12-/m0/s1. The summed E-state index contributed by atoms with van der Waals surface area (Å²) in [4.78, 5) is 0. The molecule has 0 saturated heterocycles. The van der Waals surface area contributed by atoms with Crippen LogP contribution < -0.4 is 10.5 Å². The molecular weight excluding hydrogens is 274 g/mol. The van der Waals surface area contributed by atoms with Crippen LogP contribution >= 0.6 is 11.6 Å². The van der Waals surface area contributed by atoms with Crippen molar-refractivity contribution in [2.75, 3.05) is 6.79 Å². The minimum absolute atomic E-state index is 0.0455. The van der Waals surface area contributed by atoms with Gasteiger partial charge in [0.05, 0.1) is 11.6 Å². The van der Waals surface area contributed by atoms with E-state index in [0.717, 1.165) is 11.1 Å². The first kappa shape index (κ1) is 14.9. The van der Waals surface area contributed by atoms with Crippen molar-refractivity contribution in [2.24, 2.45) is 5.73 Å². The van der Waals surface area contributed by atoms with E-state index in [1.54, 1.807) is 0 Å². The van der Waals surface area contributed by atoms with Crippen LogP contribution in [0.15, 0.2) is 48.5 Å². The van der Waals surface area contributed by atoms with E-state index in [1.165, 1.54) is 0 Å². The maximum absolute atomic E-state index is 6.13. The molecule has 3 nitrogen and oxygen atoms in total. The summed E-state index contributed by atoms with van der Waals surface area (Å²) in [6.45, 7) is 2.58. The summed E-state index contributed by atoms with van der Waals surface area (Å²) in [5.74, 6) is 0.601. The van der Waals surface area contributed by atoms with E-state index in [9.17, 15) is 0 Å². The summed E-state index contributed by atoms with van der Waals surface area (Å²) >= 11 is 6.13. The summed E-state index contributed by atoms with van der Waals surface area (Å²) in [6.07, 6.45) is 0.